The van der Waals surface area contributed by atoms with Gasteiger partial charge in [0.1, 0.15) is 4.70 Å². The van der Waals surface area contributed by atoms with Crippen LogP contribution in [0.5, 0.6) is 0 Å². The number of allylic oxidation sites excluding steroid dienone is 2. The summed E-state index contributed by atoms with van der Waals surface area (Å²) < 4.78 is 70.6. The highest BCUT2D eigenvalue weighted by Crippen LogP contribution is 2.49. The number of hydrogen-bond acceptors (Lipinski definition) is 8. The minimum atomic E-state index is -4.44. The average Bonchev–Trinajstić information content (AvgIpc) is 3.52. The second-order valence-electron chi connectivity index (χ2n) is 10.6. The van der Waals surface area contributed by atoms with E-state index in [4.69, 9.17) is 0 Å². The van der Waals surface area contributed by atoms with Crippen LogP contribution in [-0.4, -0.2) is 44.0 Å². The first-order valence-electron chi connectivity index (χ1n) is 14.1. The van der Waals surface area contributed by atoms with Crippen LogP contribution in [0.25, 0.3) is 37.8 Å². The van der Waals surface area contributed by atoms with E-state index < -0.39 is 26.0 Å². The standard InChI is InChI=1S/C32H30N2O6S4/c1-2-22(21-30-34(17-19-44(38,39)40)32-26-11-6-4-9-24(26)13-15-28(32)42-30)20-29-33(16-7-18-43(35,36)37)31-25-10-5-3-8-23(25)12-14-27(31)41-29/h3-6,8-15,20-21H,2,7,16-19H2,1H3,(H-,35,36,37,38,39,40). The molecule has 0 saturated heterocycles. The van der Waals surface area contributed by atoms with Crippen molar-refractivity contribution in [3.63, 3.8) is 0 Å². The molecule has 0 amide bonds. The number of thioether (sulfide) groups is 1. The number of rotatable bonds is 10. The van der Waals surface area contributed by atoms with Gasteiger partial charge in [-0.1, -0.05) is 84.6 Å². The minimum Gasteiger partial charge on any atom is -0.748 e. The van der Waals surface area contributed by atoms with Crippen molar-refractivity contribution in [1.82, 2.24) is 0 Å². The molecule has 5 aromatic rings. The van der Waals surface area contributed by atoms with E-state index in [1.807, 2.05) is 72.5 Å². The number of aromatic nitrogens is 1. The Morgan fingerprint density at radius 3 is 2.32 bits per heavy atom. The van der Waals surface area contributed by atoms with E-state index in [0.717, 1.165) is 58.0 Å². The molecule has 0 unspecified atom stereocenters. The Hall–Kier alpha value is -3.26. The van der Waals surface area contributed by atoms with Gasteiger partial charge in [0, 0.05) is 29.3 Å². The largest absolute Gasteiger partial charge is 0.748 e. The summed E-state index contributed by atoms with van der Waals surface area (Å²) >= 11 is 3.15. The second-order valence-corrected chi connectivity index (χ2v) is 15.8. The van der Waals surface area contributed by atoms with Crippen LogP contribution in [0.15, 0.2) is 94.4 Å². The number of nitrogens with zero attached hydrogens (tertiary/aromatic N) is 2. The van der Waals surface area contributed by atoms with Crippen LogP contribution in [0.3, 0.4) is 0 Å². The highest BCUT2D eigenvalue weighted by molar-refractivity contribution is 8.03. The van der Waals surface area contributed by atoms with Crippen molar-refractivity contribution in [3.8, 4) is 0 Å². The van der Waals surface area contributed by atoms with Crippen LogP contribution < -0.4 is 9.47 Å². The molecule has 8 nitrogen and oxygen atoms in total. The van der Waals surface area contributed by atoms with Crippen molar-refractivity contribution < 1.29 is 30.5 Å². The van der Waals surface area contributed by atoms with E-state index in [-0.39, 0.29) is 18.7 Å². The van der Waals surface area contributed by atoms with Gasteiger partial charge in [0.05, 0.1) is 37.7 Å². The van der Waals surface area contributed by atoms with E-state index in [2.05, 4.69) is 28.8 Å². The van der Waals surface area contributed by atoms with Gasteiger partial charge in [-0.3, -0.25) is 4.55 Å². The topological polar surface area (TPSA) is 119 Å². The predicted octanol–water partition coefficient (Wildman–Crippen LogP) is 6.57. The first kappa shape index (κ1) is 30.8. The molecule has 228 valence electrons. The molecule has 1 aliphatic heterocycles. The fraction of sp³-hybridized carbons (Fsp3) is 0.219. The summed E-state index contributed by atoms with van der Waals surface area (Å²) in [6.45, 7) is 2.48. The van der Waals surface area contributed by atoms with Gasteiger partial charge in [-0.25, -0.2) is 8.42 Å². The summed E-state index contributed by atoms with van der Waals surface area (Å²) in [5, 5.41) is 5.91. The van der Waals surface area contributed by atoms with Gasteiger partial charge in [-0.05, 0) is 47.0 Å². The Morgan fingerprint density at radius 1 is 0.932 bits per heavy atom. The highest BCUT2D eigenvalue weighted by atomic mass is 32.2. The zero-order chi connectivity index (χ0) is 31.1. The minimum absolute atomic E-state index is 0.0349. The van der Waals surface area contributed by atoms with Crippen LogP contribution >= 0.6 is 23.1 Å². The number of hydrogen-bond donors (Lipinski definition) is 1. The fourth-order valence-corrected chi connectivity index (χ4v) is 8.84. The number of fused-ring (bicyclic) bond motifs is 6. The Balaban J connectivity index is 1.46. The Bertz CT molecular complexity index is 2190. The number of anilines is 1. The molecule has 2 heterocycles. The summed E-state index contributed by atoms with van der Waals surface area (Å²) in [6, 6.07) is 24.2. The predicted molar refractivity (Wildman–Crippen MR) is 179 cm³/mol. The summed E-state index contributed by atoms with van der Waals surface area (Å²) in [4.78, 5) is 2.92. The number of aryl methyl sites for hydroxylation is 1. The first-order chi connectivity index (χ1) is 21.0. The molecule has 12 heteroatoms. The Labute approximate surface area is 264 Å². The van der Waals surface area contributed by atoms with Crippen LogP contribution in [0.4, 0.5) is 5.69 Å². The third kappa shape index (κ3) is 6.56. The average molecular weight is 667 g/mol. The molecule has 1 aliphatic rings. The number of benzene rings is 4. The van der Waals surface area contributed by atoms with E-state index >= 15 is 0 Å². The van der Waals surface area contributed by atoms with Gasteiger partial charge < -0.3 is 9.45 Å². The normalized spacial score (nSPS) is 15.2. The Kier molecular flexibility index (Phi) is 8.57. The summed E-state index contributed by atoms with van der Waals surface area (Å²) in [5.41, 5.74) is 2.89. The molecule has 4 aromatic carbocycles. The monoisotopic (exact) mass is 666 g/mol. The molecule has 0 fully saturated rings. The lowest BCUT2D eigenvalue weighted by atomic mass is 10.1. The van der Waals surface area contributed by atoms with Gasteiger partial charge in [-0.15, -0.1) is 0 Å². The molecular weight excluding hydrogens is 637 g/mol. The zero-order valence-electron chi connectivity index (χ0n) is 23.8. The van der Waals surface area contributed by atoms with Crippen molar-refractivity contribution in [2.24, 2.45) is 0 Å². The van der Waals surface area contributed by atoms with Crippen molar-refractivity contribution in [1.29, 1.82) is 0 Å². The molecule has 6 rings (SSSR count). The molecule has 1 aromatic heterocycles. The third-order valence-corrected chi connectivity index (χ3v) is 11.3. The summed E-state index contributed by atoms with van der Waals surface area (Å²) in [6.07, 6.45) is 5.05. The Morgan fingerprint density at radius 2 is 1.61 bits per heavy atom. The molecule has 0 bridgehead atoms. The molecule has 44 heavy (non-hydrogen) atoms. The van der Waals surface area contributed by atoms with Crippen molar-refractivity contribution in [2.75, 3.05) is 23.0 Å². The van der Waals surface area contributed by atoms with E-state index in [0.29, 0.717) is 13.0 Å². The second kappa shape index (κ2) is 12.3. The van der Waals surface area contributed by atoms with Gasteiger partial charge >= 0.3 is 0 Å². The van der Waals surface area contributed by atoms with E-state index in [9.17, 15) is 25.9 Å². The maximum atomic E-state index is 11.7. The third-order valence-electron chi connectivity index (χ3n) is 7.60. The van der Waals surface area contributed by atoms with Crippen molar-refractivity contribution >= 4 is 86.9 Å². The van der Waals surface area contributed by atoms with Crippen LogP contribution in [0.1, 0.15) is 24.8 Å². The first-order valence-corrected chi connectivity index (χ1v) is 18.9. The number of thiazole rings is 1. The summed E-state index contributed by atoms with van der Waals surface area (Å²) in [7, 11) is -8.54. The molecule has 0 atom stereocenters. The van der Waals surface area contributed by atoms with Gasteiger partial charge in [0.25, 0.3) is 15.1 Å². The highest BCUT2D eigenvalue weighted by Gasteiger charge is 2.28. The lowest BCUT2D eigenvalue weighted by molar-refractivity contribution is -0.667. The molecule has 0 spiro atoms. The lowest BCUT2D eigenvalue weighted by Gasteiger charge is -2.23. The lowest BCUT2D eigenvalue weighted by Crippen LogP contribution is -2.36. The zero-order valence-corrected chi connectivity index (χ0v) is 27.1. The van der Waals surface area contributed by atoms with Gasteiger partial charge in [0.2, 0.25) is 5.52 Å². The maximum absolute atomic E-state index is 11.7. The van der Waals surface area contributed by atoms with Crippen LogP contribution in [0, 0.1) is 0 Å². The summed E-state index contributed by atoms with van der Waals surface area (Å²) in [5.74, 6) is -0.855. The fourth-order valence-electron chi connectivity index (χ4n) is 5.58. The molecule has 0 radical (unpaired) electrons. The molecular formula is C32H30N2O6S4. The van der Waals surface area contributed by atoms with Crippen LogP contribution in [-0.2, 0) is 26.8 Å². The maximum Gasteiger partial charge on any atom is 0.265 e. The quantitative estimate of drug-likeness (QED) is 0.131. The van der Waals surface area contributed by atoms with E-state index in [1.165, 1.54) is 0 Å². The van der Waals surface area contributed by atoms with Crippen molar-refractivity contribution in [3.05, 3.63) is 94.5 Å². The van der Waals surface area contributed by atoms with E-state index in [1.54, 1.807) is 23.1 Å². The molecule has 1 N–H and O–H groups in total. The van der Waals surface area contributed by atoms with Gasteiger partial charge in [0.15, 0.2) is 6.54 Å². The SMILES string of the molecule is CCC(/C=C1\Sc2ccc3ccccc3c2N1CCS(=O)(=O)[O-])=C\c1sc2ccc3ccccc3c2[n+]1CCCS(=O)(=O)O. The smallest absolute Gasteiger partial charge is 0.265 e. The van der Waals surface area contributed by atoms with Crippen LogP contribution in [0.2, 0.25) is 0 Å². The molecule has 0 aliphatic carbocycles. The van der Waals surface area contributed by atoms with Gasteiger partial charge in [-0.2, -0.15) is 13.0 Å². The van der Waals surface area contributed by atoms with Crippen molar-refractivity contribution in [2.45, 2.75) is 31.2 Å². The molecule has 0 saturated carbocycles.